The molecule has 0 aromatic carbocycles. The van der Waals surface area contributed by atoms with Gasteiger partial charge in [0, 0.05) is 13.0 Å². The Hall–Kier alpha value is -2.42. The Labute approximate surface area is 151 Å². The van der Waals surface area contributed by atoms with Crippen molar-refractivity contribution in [2.75, 3.05) is 0 Å². The van der Waals surface area contributed by atoms with Crippen LogP contribution in [0.15, 0.2) is 70.9 Å². The van der Waals surface area contributed by atoms with Gasteiger partial charge in [-0.2, -0.15) is 0 Å². The first-order valence-electron chi connectivity index (χ1n) is 8.43. The Balaban J connectivity index is 2.76. The topological polar surface area (TPSA) is 43.4 Å². The molecule has 0 radical (unpaired) electrons. The fourth-order valence-electron chi connectivity index (χ4n) is 2.65. The number of esters is 2. The van der Waals surface area contributed by atoms with Crippen LogP contribution in [0.3, 0.4) is 0 Å². The second-order valence-electron chi connectivity index (χ2n) is 6.99. The van der Waals surface area contributed by atoms with Crippen LogP contribution >= 0.6 is 0 Å². The van der Waals surface area contributed by atoms with E-state index in [1.807, 2.05) is 19.1 Å². The van der Waals surface area contributed by atoms with E-state index in [2.05, 4.69) is 49.8 Å². The van der Waals surface area contributed by atoms with Crippen LogP contribution in [0.25, 0.3) is 0 Å². The van der Waals surface area contributed by atoms with Crippen LogP contribution in [0, 0.1) is 5.41 Å². The van der Waals surface area contributed by atoms with Gasteiger partial charge in [-0.15, -0.1) is 0 Å². The monoisotopic (exact) mass is 340 g/mol. The molecule has 0 saturated carbocycles. The zero-order valence-corrected chi connectivity index (χ0v) is 16.1. The van der Waals surface area contributed by atoms with E-state index >= 15 is 0 Å². The summed E-state index contributed by atoms with van der Waals surface area (Å²) in [7, 11) is 0. The highest BCUT2D eigenvalue weighted by atomic mass is 16.6. The Morgan fingerprint density at radius 2 is 1.80 bits per heavy atom. The SMILES string of the molecule is CC(=O)OC(=O)/C=C(C)/C=C/C=C(C)/C=C/C1=C(C)C=CCC1(C)C. The van der Waals surface area contributed by atoms with Crippen LogP contribution in [0.5, 0.6) is 0 Å². The molecule has 1 aliphatic carbocycles. The molecule has 1 rings (SSSR count). The summed E-state index contributed by atoms with van der Waals surface area (Å²) in [5.41, 5.74) is 4.65. The summed E-state index contributed by atoms with van der Waals surface area (Å²) < 4.78 is 4.46. The maximum atomic E-state index is 11.3. The van der Waals surface area contributed by atoms with Crippen molar-refractivity contribution in [1.82, 2.24) is 0 Å². The first-order chi connectivity index (χ1) is 11.6. The van der Waals surface area contributed by atoms with E-state index in [0.717, 1.165) is 17.6 Å². The van der Waals surface area contributed by atoms with E-state index in [1.54, 1.807) is 13.0 Å². The first-order valence-corrected chi connectivity index (χ1v) is 8.43. The molecule has 0 unspecified atom stereocenters. The molecule has 0 spiro atoms. The molecule has 0 saturated heterocycles. The fraction of sp³-hybridized carbons (Fsp3) is 0.364. The molecular formula is C22H28O3. The zero-order valence-electron chi connectivity index (χ0n) is 16.1. The van der Waals surface area contributed by atoms with Crippen molar-refractivity contribution >= 4 is 11.9 Å². The van der Waals surface area contributed by atoms with E-state index < -0.39 is 11.9 Å². The summed E-state index contributed by atoms with van der Waals surface area (Å²) in [6.45, 7) is 11.7. The molecular weight excluding hydrogens is 312 g/mol. The fourth-order valence-corrected chi connectivity index (χ4v) is 2.65. The van der Waals surface area contributed by atoms with Crippen molar-refractivity contribution < 1.29 is 14.3 Å². The van der Waals surface area contributed by atoms with E-state index in [4.69, 9.17) is 0 Å². The van der Waals surface area contributed by atoms with E-state index in [9.17, 15) is 9.59 Å². The molecule has 0 atom stereocenters. The minimum Gasteiger partial charge on any atom is -0.390 e. The molecule has 134 valence electrons. The van der Waals surface area contributed by atoms with Crippen molar-refractivity contribution in [3.05, 3.63) is 70.9 Å². The first kappa shape index (κ1) is 20.6. The van der Waals surface area contributed by atoms with Crippen LogP contribution < -0.4 is 0 Å². The van der Waals surface area contributed by atoms with E-state index in [0.29, 0.717) is 0 Å². The van der Waals surface area contributed by atoms with E-state index in [1.165, 1.54) is 24.1 Å². The zero-order chi connectivity index (χ0) is 19.0. The molecule has 0 aromatic rings. The molecule has 0 amide bonds. The van der Waals surface area contributed by atoms with Gasteiger partial charge in [0.2, 0.25) is 0 Å². The predicted octanol–water partition coefficient (Wildman–Crippen LogP) is 5.38. The molecule has 0 fully saturated rings. The molecule has 3 heteroatoms. The number of hydrogen-bond donors (Lipinski definition) is 0. The third-order valence-electron chi connectivity index (χ3n) is 3.97. The van der Waals surface area contributed by atoms with Gasteiger partial charge in [0.25, 0.3) is 0 Å². The van der Waals surface area contributed by atoms with Crippen LogP contribution in [-0.4, -0.2) is 11.9 Å². The highest BCUT2D eigenvalue weighted by molar-refractivity contribution is 5.91. The molecule has 25 heavy (non-hydrogen) atoms. The third-order valence-corrected chi connectivity index (χ3v) is 3.97. The van der Waals surface area contributed by atoms with Gasteiger partial charge >= 0.3 is 11.9 Å². The highest BCUT2D eigenvalue weighted by Crippen LogP contribution is 2.37. The summed E-state index contributed by atoms with van der Waals surface area (Å²) in [4.78, 5) is 22.0. The highest BCUT2D eigenvalue weighted by Gasteiger charge is 2.23. The van der Waals surface area contributed by atoms with E-state index in [-0.39, 0.29) is 5.41 Å². The Morgan fingerprint density at radius 3 is 2.40 bits per heavy atom. The van der Waals surface area contributed by atoms with Crippen molar-refractivity contribution in [1.29, 1.82) is 0 Å². The minimum absolute atomic E-state index is 0.155. The van der Waals surface area contributed by atoms with Crippen LogP contribution in [0.2, 0.25) is 0 Å². The summed E-state index contributed by atoms with van der Waals surface area (Å²) >= 11 is 0. The number of allylic oxidation sites excluding steroid dienone is 11. The summed E-state index contributed by atoms with van der Waals surface area (Å²) in [6.07, 6.45) is 16.7. The Bertz CT molecular complexity index is 708. The summed E-state index contributed by atoms with van der Waals surface area (Å²) in [6, 6.07) is 0. The maximum Gasteiger partial charge on any atom is 0.338 e. The smallest absolute Gasteiger partial charge is 0.338 e. The molecule has 0 aliphatic heterocycles. The van der Waals surface area contributed by atoms with Crippen molar-refractivity contribution in [3.8, 4) is 0 Å². The normalized spacial score (nSPS) is 18.3. The van der Waals surface area contributed by atoms with Gasteiger partial charge in [-0.25, -0.2) is 4.79 Å². The lowest BCUT2D eigenvalue weighted by molar-refractivity contribution is -0.154. The minimum atomic E-state index is -0.648. The van der Waals surface area contributed by atoms with Crippen LogP contribution in [-0.2, 0) is 14.3 Å². The third kappa shape index (κ3) is 7.34. The quantitative estimate of drug-likeness (QED) is 0.292. The van der Waals surface area contributed by atoms with Gasteiger partial charge in [0.15, 0.2) is 0 Å². The lowest BCUT2D eigenvalue weighted by atomic mass is 9.75. The van der Waals surface area contributed by atoms with Gasteiger partial charge < -0.3 is 4.74 Å². The molecule has 0 heterocycles. The van der Waals surface area contributed by atoms with Crippen molar-refractivity contribution in [2.45, 2.75) is 48.0 Å². The molecule has 0 bridgehead atoms. The molecule has 0 aromatic heterocycles. The van der Waals surface area contributed by atoms with Gasteiger partial charge in [-0.1, -0.05) is 62.0 Å². The molecule has 0 N–H and O–H groups in total. The molecule has 3 nitrogen and oxygen atoms in total. The summed E-state index contributed by atoms with van der Waals surface area (Å²) in [5, 5.41) is 0. The van der Waals surface area contributed by atoms with Crippen LogP contribution in [0.1, 0.15) is 48.0 Å². The van der Waals surface area contributed by atoms with Crippen LogP contribution in [0.4, 0.5) is 0 Å². The largest absolute Gasteiger partial charge is 0.390 e. The van der Waals surface area contributed by atoms with Crippen molar-refractivity contribution in [2.24, 2.45) is 5.41 Å². The average Bonchev–Trinajstić information content (AvgIpc) is 2.44. The van der Waals surface area contributed by atoms with Crippen molar-refractivity contribution in [3.63, 3.8) is 0 Å². The average molecular weight is 340 g/mol. The second-order valence-corrected chi connectivity index (χ2v) is 6.99. The lowest BCUT2D eigenvalue weighted by Gasteiger charge is -2.29. The maximum absolute atomic E-state index is 11.3. The standard InChI is InChI=1S/C22H28O3/c1-16(9-7-10-17(2)15-21(24)25-19(4)23)12-13-20-18(3)11-8-14-22(20,5)6/h7-13,15H,14H2,1-6H3/b10-7+,13-12+,16-9+,17-15+. The Morgan fingerprint density at radius 1 is 1.12 bits per heavy atom. The second kappa shape index (κ2) is 9.16. The number of carbonyl (C=O) groups excluding carboxylic acids is 2. The van der Waals surface area contributed by atoms with Gasteiger partial charge in [-0.05, 0) is 49.3 Å². The van der Waals surface area contributed by atoms with Gasteiger partial charge in [0.1, 0.15) is 0 Å². The lowest BCUT2D eigenvalue weighted by Crippen LogP contribution is -2.16. The molecule has 1 aliphatic rings. The predicted molar refractivity (Wildman–Crippen MR) is 103 cm³/mol. The van der Waals surface area contributed by atoms with Gasteiger partial charge in [-0.3, -0.25) is 4.79 Å². The number of rotatable bonds is 5. The Kier molecular flexibility index (Phi) is 7.56. The van der Waals surface area contributed by atoms with Gasteiger partial charge in [0.05, 0.1) is 0 Å². The summed E-state index contributed by atoms with van der Waals surface area (Å²) in [5.74, 6) is -1.26. The number of carbonyl (C=O) groups is 2. The number of ether oxygens (including phenoxy) is 1. The number of hydrogen-bond acceptors (Lipinski definition) is 3.